The van der Waals surface area contributed by atoms with Crippen molar-refractivity contribution in [2.45, 2.75) is 13.0 Å². The molecule has 0 amide bonds. The molecule has 1 aromatic carbocycles. The van der Waals surface area contributed by atoms with Crippen LogP contribution in [0.2, 0.25) is 0 Å². The highest BCUT2D eigenvalue weighted by atomic mass is 19.1. The summed E-state index contributed by atoms with van der Waals surface area (Å²) < 4.78 is 13.3. The first-order chi connectivity index (χ1) is 7.04. The lowest BCUT2D eigenvalue weighted by Gasteiger charge is -2.11. The number of carboxylic acids is 1. The van der Waals surface area contributed by atoms with Crippen LogP contribution in [-0.4, -0.2) is 17.1 Å². The van der Waals surface area contributed by atoms with E-state index in [-0.39, 0.29) is 17.3 Å². The minimum Gasteiger partial charge on any atom is -0.478 e. The first-order valence-electron chi connectivity index (χ1n) is 4.46. The molecule has 15 heavy (non-hydrogen) atoms. The minimum absolute atomic E-state index is 0.0655. The Balaban J connectivity index is 2.93. The van der Waals surface area contributed by atoms with Crippen LogP contribution in [0.5, 0.6) is 0 Å². The summed E-state index contributed by atoms with van der Waals surface area (Å²) in [6, 6.07) is 3.66. The highest BCUT2D eigenvalue weighted by Crippen LogP contribution is 2.16. The van der Waals surface area contributed by atoms with Crippen molar-refractivity contribution in [2.75, 3.05) is 5.32 Å². The first-order valence-corrected chi connectivity index (χ1v) is 4.46. The summed E-state index contributed by atoms with van der Waals surface area (Å²) >= 11 is 0. The molecule has 2 N–H and O–H groups in total. The number of benzene rings is 1. The zero-order chi connectivity index (χ0) is 11.4. The predicted octanol–water partition coefficient (Wildman–Crippen LogP) is 2.51. The summed E-state index contributed by atoms with van der Waals surface area (Å²) in [4.78, 5) is 10.5. The van der Waals surface area contributed by atoms with Gasteiger partial charge in [-0.15, -0.1) is 6.58 Å². The number of halogens is 1. The molecule has 0 aliphatic rings. The van der Waals surface area contributed by atoms with Gasteiger partial charge in [-0.1, -0.05) is 6.08 Å². The maximum absolute atomic E-state index is 13.3. The molecular weight excluding hydrogens is 197 g/mol. The number of hydrogen-bond donors (Lipinski definition) is 2. The Labute approximate surface area is 87.2 Å². The molecule has 0 aliphatic carbocycles. The second-order valence-electron chi connectivity index (χ2n) is 3.17. The van der Waals surface area contributed by atoms with Gasteiger partial charge in [0.2, 0.25) is 0 Å². The summed E-state index contributed by atoms with van der Waals surface area (Å²) in [6.45, 7) is 5.37. The zero-order valence-electron chi connectivity index (χ0n) is 8.33. The van der Waals surface area contributed by atoms with Gasteiger partial charge in [0.15, 0.2) is 0 Å². The zero-order valence-corrected chi connectivity index (χ0v) is 8.33. The van der Waals surface area contributed by atoms with Crippen LogP contribution >= 0.6 is 0 Å². The smallest absolute Gasteiger partial charge is 0.335 e. The molecule has 1 rings (SSSR count). The van der Waals surface area contributed by atoms with Crippen molar-refractivity contribution in [1.29, 1.82) is 0 Å². The maximum Gasteiger partial charge on any atom is 0.335 e. The number of aromatic carboxylic acids is 1. The fourth-order valence-corrected chi connectivity index (χ4v) is 1.07. The fourth-order valence-electron chi connectivity index (χ4n) is 1.07. The van der Waals surface area contributed by atoms with Gasteiger partial charge in [-0.25, -0.2) is 9.18 Å². The molecule has 0 saturated carbocycles. The van der Waals surface area contributed by atoms with Gasteiger partial charge >= 0.3 is 5.97 Å². The van der Waals surface area contributed by atoms with Crippen LogP contribution in [0.15, 0.2) is 30.9 Å². The lowest BCUT2D eigenvalue weighted by Crippen LogP contribution is -2.12. The second kappa shape index (κ2) is 4.59. The predicted molar refractivity (Wildman–Crippen MR) is 56.6 cm³/mol. The Morgan fingerprint density at radius 1 is 1.67 bits per heavy atom. The van der Waals surface area contributed by atoms with Crippen molar-refractivity contribution in [3.05, 3.63) is 42.2 Å². The normalized spacial score (nSPS) is 11.9. The third kappa shape index (κ3) is 2.80. The van der Waals surface area contributed by atoms with E-state index < -0.39 is 11.8 Å². The average Bonchev–Trinajstić information content (AvgIpc) is 2.20. The van der Waals surface area contributed by atoms with E-state index in [9.17, 15) is 9.18 Å². The van der Waals surface area contributed by atoms with Crippen LogP contribution < -0.4 is 5.32 Å². The highest BCUT2D eigenvalue weighted by molar-refractivity contribution is 5.88. The molecule has 0 spiro atoms. The lowest BCUT2D eigenvalue weighted by atomic mass is 10.2. The number of rotatable bonds is 4. The average molecular weight is 209 g/mol. The van der Waals surface area contributed by atoms with Crippen molar-refractivity contribution in [2.24, 2.45) is 0 Å². The van der Waals surface area contributed by atoms with E-state index in [1.807, 2.05) is 6.92 Å². The van der Waals surface area contributed by atoms with E-state index in [1.54, 1.807) is 6.08 Å². The lowest BCUT2D eigenvalue weighted by molar-refractivity contribution is 0.0696. The van der Waals surface area contributed by atoms with Crippen molar-refractivity contribution in [1.82, 2.24) is 0 Å². The minimum atomic E-state index is -1.14. The van der Waals surface area contributed by atoms with Crippen LogP contribution in [-0.2, 0) is 0 Å². The van der Waals surface area contributed by atoms with Gasteiger partial charge in [0.1, 0.15) is 5.82 Å². The largest absolute Gasteiger partial charge is 0.478 e. The Morgan fingerprint density at radius 2 is 2.33 bits per heavy atom. The molecular formula is C11H12FNO2. The van der Waals surface area contributed by atoms with Gasteiger partial charge in [0.25, 0.3) is 0 Å². The van der Waals surface area contributed by atoms with Crippen LogP contribution in [0.3, 0.4) is 0 Å². The molecule has 0 saturated heterocycles. The maximum atomic E-state index is 13.3. The third-order valence-corrected chi connectivity index (χ3v) is 1.95. The molecule has 0 radical (unpaired) electrons. The Bertz CT molecular complexity index is 390. The van der Waals surface area contributed by atoms with Gasteiger partial charge in [0, 0.05) is 6.04 Å². The molecule has 0 fully saturated rings. The van der Waals surface area contributed by atoms with Gasteiger partial charge in [-0.2, -0.15) is 0 Å². The van der Waals surface area contributed by atoms with Gasteiger partial charge in [-0.05, 0) is 25.1 Å². The van der Waals surface area contributed by atoms with Crippen molar-refractivity contribution < 1.29 is 14.3 Å². The number of carbonyl (C=O) groups is 1. The summed E-state index contributed by atoms with van der Waals surface area (Å²) in [7, 11) is 0. The number of anilines is 1. The molecule has 0 heterocycles. The standard InChI is InChI=1S/C11H12FNO2/c1-3-7(2)13-10-5-4-8(11(14)15)6-9(10)12/h3-7,13H,1H2,2H3,(H,14,15). The van der Waals surface area contributed by atoms with Crippen LogP contribution in [0.25, 0.3) is 0 Å². The van der Waals surface area contributed by atoms with Gasteiger partial charge < -0.3 is 10.4 Å². The number of hydrogen-bond acceptors (Lipinski definition) is 2. The molecule has 3 nitrogen and oxygen atoms in total. The first kappa shape index (κ1) is 11.2. The summed E-state index contributed by atoms with van der Waals surface area (Å²) in [5.41, 5.74) is 0.205. The van der Waals surface area contributed by atoms with Crippen LogP contribution in [0, 0.1) is 5.82 Å². The van der Waals surface area contributed by atoms with E-state index in [0.29, 0.717) is 0 Å². The summed E-state index contributed by atoms with van der Waals surface area (Å²) in [6.07, 6.45) is 1.63. The molecule has 0 bridgehead atoms. The SMILES string of the molecule is C=CC(C)Nc1ccc(C(=O)O)cc1F. The van der Waals surface area contributed by atoms with Crippen molar-refractivity contribution >= 4 is 11.7 Å². The van der Waals surface area contributed by atoms with Gasteiger partial charge in [-0.3, -0.25) is 0 Å². The number of nitrogens with one attached hydrogen (secondary N) is 1. The molecule has 4 heteroatoms. The van der Waals surface area contributed by atoms with Crippen LogP contribution in [0.1, 0.15) is 17.3 Å². The van der Waals surface area contributed by atoms with Crippen molar-refractivity contribution in [3.8, 4) is 0 Å². The fraction of sp³-hybridized carbons (Fsp3) is 0.182. The summed E-state index contributed by atoms with van der Waals surface area (Å²) in [5, 5.41) is 11.5. The summed E-state index contributed by atoms with van der Waals surface area (Å²) in [5.74, 6) is -1.72. The third-order valence-electron chi connectivity index (χ3n) is 1.95. The van der Waals surface area contributed by atoms with E-state index in [1.165, 1.54) is 12.1 Å². The Hall–Kier alpha value is -1.84. The number of carboxylic acid groups (broad SMARTS) is 1. The van der Waals surface area contributed by atoms with Gasteiger partial charge in [0.05, 0.1) is 11.3 Å². The van der Waals surface area contributed by atoms with Crippen LogP contribution in [0.4, 0.5) is 10.1 Å². The van der Waals surface area contributed by atoms with Crippen molar-refractivity contribution in [3.63, 3.8) is 0 Å². The molecule has 1 atom stereocenters. The molecule has 1 aromatic rings. The highest BCUT2D eigenvalue weighted by Gasteiger charge is 2.08. The second-order valence-corrected chi connectivity index (χ2v) is 3.17. The Morgan fingerprint density at radius 3 is 2.80 bits per heavy atom. The Kier molecular flexibility index (Phi) is 3.44. The topological polar surface area (TPSA) is 49.3 Å². The van der Waals surface area contributed by atoms with E-state index in [4.69, 9.17) is 5.11 Å². The molecule has 0 aromatic heterocycles. The van der Waals surface area contributed by atoms with E-state index >= 15 is 0 Å². The quantitative estimate of drug-likeness (QED) is 0.749. The van der Waals surface area contributed by atoms with E-state index in [2.05, 4.69) is 11.9 Å². The van der Waals surface area contributed by atoms with E-state index in [0.717, 1.165) is 6.07 Å². The molecule has 80 valence electrons. The monoisotopic (exact) mass is 209 g/mol. The molecule has 1 unspecified atom stereocenters. The molecule has 0 aliphatic heterocycles.